The van der Waals surface area contributed by atoms with Crippen LogP contribution in [0.15, 0.2) is 28.8 Å². The van der Waals surface area contributed by atoms with Gasteiger partial charge in [-0.15, -0.1) is 0 Å². The van der Waals surface area contributed by atoms with Crippen LogP contribution >= 0.6 is 0 Å². The molecule has 2 fully saturated rings. The molecule has 1 aromatic heterocycles. The Balaban J connectivity index is 1.57. The number of urea groups is 1. The number of likely N-dealkylation sites (tertiary alicyclic amines) is 1. The van der Waals surface area contributed by atoms with Crippen LogP contribution in [0.1, 0.15) is 41.1 Å². The number of amides is 2. The summed E-state index contributed by atoms with van der Waals surface area (Å²) in [7, 11) is 1.59. The minimum absolute atomic E-state index is 0.108. The van der Waals surface area contributed by atoms with Crippen molar-refractivity contribution in [3.63, 3.8) is 0 Å². The van der Waals surface area contributed by atoms with E-state index < -0.39 is 12.6 Å². The van der Waals surface area contributed by atoms with E-state index in [-0.39, 0.29) is 23.4 Å². The maximum atomic E-state index is 13.3. The molecule has 2 amide bonds. The topological polar surface area (TPSA) is 80.9 Å². The van der Waals surface area contributed by atoms with E-state index in [0.29, 0.717) is 70.6 Å². The number of nitrogens with zero attached hydrogens (tertiary/aromatic N) is 4. The zero-order valence-electron chi connectivity index (χ0n) is 19.1. The van der Waals surface area contributed by atoms with E-state index in [2.05, 4.69) is 10.1 Å². The minimum atomic E-state index is -4.28. The van der Waals surface area contributed by atoms with Gasteiger partial charge >= 0.3 is 12.2 Å². The number of benzene rings is 1. The molecule has 2 saturated heterocycles. The van der Waals surface area contributed by atoms with Crippen molar-refractivity contribution in [1.82, 2.24) is 19.9 Å². The highest BCUT2D eigenvalue weighted by Gasteiger charge is 2.37. The van der Waals surface area contributed by atoms with Crippen LogP contribution in [0.3, 0.4) is 0 Å². The van der Waals surface area contributed by atoms with Gasteiger partial charge in [-0.05, 0) is 17.5 Å². The monoisotopic (exact) mass is 482 g/mol. The van der Waals surface area contributed by atoms with Crippen LogP contribution in [0.25, 0.3) is 0 Å². The predicted molar refractivity (Wildman–Crippen MR) is 116 cm³/mol. The Morgan fingerprint density at radius 3 is 2.68 bits per heavy atom. The van der Waals surface area contributed by atoms with Gasteiger partial charge in [0.25, 0.3) is 0 Å². The lowest BCUT2D eigenvalue weighted by molar-refractivity contribution is -0.127. The number of alkyl halides is 3. The van der Waals surface area contributed by atoms with Crippen LogP contribution in [-0.4, -0.2) is 85.3 Å². The van der Waals surface area contributed by atoms with Crippen LogP contribution in [0, 0.1) is 0 Å². The van der Waals surface area contributed by atoms with E-state index in [1.807, 2.05) is 6.07 Å². The molecule has 34 heavy (non-hydrogen) atoms. The summed E-state index contributed by atoms with van der Waals surface area (Å²) >= 11 is 0. The van der Waals surface area contributed by atoms with Crippen LogP contribution in [0.4, 0.5) is 18.0 Å². The number of rotatable bonds is 6. The van der Waals surface area contributed by atoms with Crippen LogP contribution < -0.4 is 0 Å². The van der Waals surface area contributed by atoms with E-state index >= 15 is 0 Å². The smallest absolute Gasteiger partial charge is 0.384 e. The van der Waals surface area contributed by atoms with Crippen molar-refractivity contribution in [2.24, 2.45) is 0 Å². The molecule has 2 unspecified atom stereocenters. The molecule has 11 heteroatoms. The number of hydrogen-bond acceptors (Lipinski definition) is 6. The highest BCUT2D eigenvalue weighted by molar-refractivity contribution is 5.75. The third-order valence-electron chi connectivity index (χ3n) is 6.19. The van der Waals surface area contributed by atoms with Gasteiger partial charge in [-0.1, -0.05) is 29.4 Å². The van der Waals surface area contributed by atoms with Crippen molar-refractivity contribution in [2.75, 3.05) is 53.1 Å². The van der Waals surface area contributed by atoms with E-state index in [1.165, 1.54) is 6.07 Å². The molecule has 0 bridgehead atoms. The van der Waals surface area contributed by atoms with E-state index in [0.717, 1.165) is 5.56 Å². The largest absolute Gasteiger partial charge is 0.393 e. The molecule has 0 aliphatic carbocycles. The molecule has 186 valence electrons. The van der Waals surface area contributed by atoms with Crippen LogP contribution in [0.2, 0.25) is 0 Å². The third kappa shape index (κ3) is 6.26. The van der Waals surface area contributed by atoms with Crippen molar-refractivity contribution < 1.29 is 32.0 Å². The van der Waals surface area contributed by atoms with E-state index in [4.69, 9.17) is 14.0 Å². The van der Waals surface area contributed by atoms with Gasteiger partial charge in [0.1, 0.15) is 0 Å². The van der Waals surface area contributed by atoms with Crippen LogP contribution in [-0.2, 0) is 22.3 Å². The molecule has 4 rings (SSSR count). The summed E-state index contributed by atoms with van der Waals surface area (Å²) in [6, 6.07) is 6.43. The number of piperidine rings is 1. The molecule has 8 nitrogen and oxygen atoms in total. The molecule has 0 spiro atoms. The van der Waals surface area contributed by atoms with Gasteiger partial charge in [0.15, 0.2) is 5.82 Å². The fraction of sp³-hybridized carbons (Fsp3) is 0.609. The Hall–Kier alpha value is -2.66. The first-order valence-electron chi connectivity index (χ1n) is 11.4. The summed E-state index contributed by atoms with van der Waals surface area (Å²) in [5.41, 5.74) is 0.975. The molecule has 1 aromatic carbocycles. The molecule has 0 radical (unpaired) electrons. The number of halogens is 3. The number of carbonyl (C=O) groups is 1. The molecular formula is C23H29F3N4O4. The fourth-order valence-corrected chi connectivity index (χ4v) is 4.55. The van der Waals surface area contributed by atoms with Gasteiger partial charge < -0.3 is 23.8 Å². The molecule has 2 aliphatic rings. The van der Waals surface area contributed by atoms with Gasteiger partial charge in [0.05, 0.1) is 32.2 Å². The van der Waals surface area contributed by atoms with Gasteiger partial charge in [-0.2, -0.15) is 18.2 Å². The molecule has 2 aliphatic heterocycles. The maximum absolute atomic E-state index is 13.3. The Bertz CT molecular complexity index is 962. The predicted octanol–water partition coefficient (Wildman–Crippen LogP) is 3.39. The Morgan fingerprint density at radius 2 is 1.94 bits per heavy atom. The standard InChI is InChI=1S/C23H29F3N4O4/c1-32-8-5-20-27-21(34-28-20)19-12-18(17-4-2-3-16(11-17)13-23(24,25)26)14-30(15-19)22(31)29-6-9-33-10-7-29/h2-4,11,18-19H,5-10,12-15H2,1H3. The van der Waals surface area contributed by atoms with Crippen molar-refractivity contribution in [2.45, 2.75) is 37.3 Å². The SMILES string of the molecule is COCCc1noc(C2CC(c3cccc(CC(F)(F)F)c3)CN(C(=O)N3CCOCC3)C2)n1. The van der Waals surface area contributed by atoms with Crippen molar-refractivity contribution in [1.29, 1.82) is 0 Å². The third-order valence-corrected chi connectivity index (χ3v) is 6.19. The summed E-state index contributed by atoms with van der Waals surface area (Å²) < 4.78 is 54.8. The second-order valence-electron chi connectivity index (χ2n) is 8.75. The van der Waals surface area contributed by atoms with E-state index in [1.54, 1.807) is 29.0 Å². The average molecular weight is 483 g/mol. The first-order chi connectivity index (χ1) is 16.3. The molecule has 2 atom stereocenters. The van der Waals surface area contributed by atoms with Gasteiger partial charge in [-0.25, -0.2) is 4.79 Å². The van der Waals surface area contributed by atoms with Crippen LogP contribution in [0.5, 0.6) is 0 Å². The zero-order valence-corrected chi connectivity index (χ0v) is 19.1. The quantitative estimate of drug-likeness (QED) is 0.628. The number of aromatic nitrogens is 2. The number of hydrogen-bond donors (Lipinski definition) is 0. The fourth-order valence-electron chi connectivity index (χ4n) is 4.55. The van der Waals surface area contributed by atoms with E-state index in [9.17, 15) is 18.0 Å². The summed E-state index contributed by atoms with van der Waals surface area (Å²) in [5.74, 6) is 0.573. The lowest BCUT2D eigenvalue weighted by Crippen LogP contribution is -2.52. The highest BCUT2D eigenvalue weighted by Crippen LogP contribution is 2.36. The first kappa shape index (κ1) is 24.5. The van der Waals surface area contributed by atoms with Crippen molar-refractivity contribution in [3.8, 4) is 0 Å². The Morgan fingerprint density at radius 1 is 1.18 bits per heavy atom. The Kier molecular flexibility index (Phi) is 7.72. The van der Waals surface area contributed by atoms with Gasteiger partial charge in [0.2, 0.25) is 5.89 Å². The summed E-state index contributed by atoms with van der Waals surface area (Å²) in [5, 5.41) is 4.02. The second kappa shape index (κ2) is 10.7. The zero-order chi connectivity index (χ0) is 24.1. The normalized spacial score (nSPS) is 21.6. The first-order valence-corrected chi connectivity index (χ1v) is 11.4. The number of morpholine rings is 1. The number of carbonyl (C=O) groups excluding carboxylic acids is 1. The Labute approximate surface area is 196 Å². The van der Waals surface area contributed by atoms with Gasteiger partial charge in [0, 0.05) is 45.6 Å². The lowest BCUT2D eigenvalue weighted by Gasteiger charge is -2.40. The summed E-state index contributed by atoms with van der Waals surface area (Å²) in [6.07, 6.45) is -4.17. The maximum Gasteiger partial charge on any atom is 0.393 e. The summed E-state index contributed by atoms with van der Waals surface area (Å²) in [4.78, 5) is 21.3. The van der Waals surface area contributed by atoms with Crippen molar-refractivity contribution in [3.05, 3.63) is 47.1 Å². The minimum Gasteiger partial charge on any atom is -0.384 e. The molecule has 0 N–H and O–H groups in total. The lowest BCUT2D eigenvalue weighted by atomic mass is 9.83. The number of ether oxygens (including phenoxy) is 2. The molecule has 2 aromatic rings. The summed E-state index contributed by atoms with van der Waals surface area (Å²) in [6.45, 7) is 3.26. The molecule has 3 heterocycles. The van der Waals surface area contributed by atoms with Crippen molar-refractivity contribution >= 4 is 6.03 Å². The molecular weight excluding hydrogens is 453 g/mol. The highest BCUT2D eigenvalue weighted by atomic mass is 19.4. The van der Waals surface area contributed by atoms with Gasteiger partial charge in [-0.3, -0.25) is 0 Å². The number of methoxy groups -OCH3 is 1. The average Bonchev–Trinajstić information content (AvgIpc) is 3.31. The molecule has 0 saturated carbocycles. The second-order valence-corrected chi connectivity index (χ2v) is 8.75.